The van der Waals surface area contributed by atoms with Gasteiger partial charge in [-0.25, -0.2) is 0 Å². The first-order valence-corrected chi connectivity index (χ1v) is 8.01. The molecule has 0 spiro atoms. The SMILES string of the molecule is C=Cc1ccccc1.c1ccc2ccccc2c1.c1ccccc1. The van der Waals surface area contributed by atoms with Crippen LogP contribution in [0.25, 0.3) is 16.8 Å². The quantitative estimate of drug-likeness (QED) is 0.360. The van der Waals surface area contributed by atoms with Gasteiger partial charge in [-0.05, 0) is 16.3 Å². The molecule has 0 aliphatic heterocycles. The number of hydrogen-bond donors (Lipinski definition) is 0. The molecule has 0 saturated carbocycles. The van der Waals surface area contributed by atoms with Crippen LogP contribution in [0.1, 0.15) is 5.56 Å². The van der Waals surface area contributed by atoms with Gasteiger partial charge in [-0.15, -0.1) is 0 Å². The molecular formula is C24H22. The van der Waals surface area contributed by atoms with Crippen molar-refractivity contribution < 1.29 is 0 Å². The summed E-state index contributed by atoms with van der Waals surface area (Å²) in [6, 6.07) is 38.7. The van der Waals surface area contributed by atoms with E-state index in [1.54, 1.807) is 0 Å². The van der Waals surface area contributed by atoms with Crippen LogP contribution in [0.3, 0.4) is 0 Å². The molecule has 0 aliphatic rings. The Kier molecular flexibility index (Phi) is 7.60. The second-order valence-corrected chi connectivity index (χ2v) is 5.12. The molecule has 24 heavy (non-hydrogen) atoms. The minimum Gasteiger partial charge on any atom is -0.0985 e. The van der Waals surface area contributed by atoms with Crippen molar-refractivity contribution in [1.29, 1.82) is 0 Å². The predicted octanol–water partition coefficient (Wildman–Crippen LogP) is 6.86. The highest BCUT2D eigenvalue weighted by Gasteiger charge is 1.85. The van der Waals surface area contributed by atoms with Gasteiger partial charge in [0.05, 0.1) is 0 Å². The van der Waals surface area contributed by atoms with E-state index in [1.165, 1.54) is 16.3 Å². The molecule has 0 heteroatoms. The fraction of sp³-hybridized carbons (Fsp3) is 0. The second-order valence-electron chi connectivity index (χ2n) is 5.12. The molecule has 0 bridgehead atoms. The molecule has 0 amide bonds. The van der Waals surface area contributed by atoms with Gasteiger partial charge in [-0.2, -0.15) is 0 Å². The molecule has 0 unspecified atom stereocenters. The van der Waals surface area contributed by atoms with Gasteiger partial charge in [0.1, 0.15) is 0 Å². The van der Waals surface area contributed by atoms with Crippen molar-refractivity contribution in [2.24, 2.45) is 0 Å². The van der Waals surface area contributed by atoms with Gasteiger partial charge < -0.3 is 0 Å². The van der Waals surface area contributed by atoms with E-state index in [2.05, 4.69) is 55.1 Å². The molecule has 118 valence electrons. The molecule has 0 aromatic heterocycles. The zero-order valence-electron chi connectivity index (χ0n) is 13.8. The summed E-state index contributed by atoms with van der Waals surface area (Å²) in [7, 11) is 0. The van der Waals surface area contributed by atoms with E-state index in [9.17, 15) is 0 Å². The first-order valence-electron chi connectivity index (χ1n) is 8.01. The van der Waals surface area contributed by atoms with Gasteiger partial charge in [0.25, 0.3) is 0 Å². The van der Waals surface area contributed by atoms with Crippen molar-refractivity contribution >= 4 is 16.8 Å². The van der Waals surface area contributed by atoms with Gasteiger partial charge in [-0.3, -0.25) is 0 Å². The Balaban J connectivity index is 0.000000135. The van der Waals surface area contributed by atoms with Crippen LogP contribution >= 0.6 is 0 Å². The minimum atomic E-state index is 1.17. The predicted molar refractivity (Wildman–Crippen MR) is 107 cm³/mol. The average Bonchev–Trinajstić information content (AvgIpc) is 2.71. The number of fused-ring (bicyclic) bond motifs is 1. The molecule has 4 rings (SSSR count). The van der Waals surface area contributed by atoms with Crippen LogP contribution in [-0.4, -0.2) is 0 Å². The van der Waals surface area contributed by atoms with E-state index in [1.807, 2.05) is 72.8 Å². The lowest BCUT2D eigenvalue weighted by molar-refractivity contribution is 1.67. The Hall–Kier alpha value is -3.12. The largest absolute Gasteiger partial charge is 0.0985 e. The molecule has 0 saturated heterocycles. The zero-order valence-corrected chi connectivity index (χ0v) is 13.8. The van der Waals surface area contributed by atoms with Crippen molar-refractivity contribution in [3.05, 3.63) is 127 Å². The maximum Gasteiger partial charge on any atom is -0.0184 e. The Morgan fingerprint density at radius 1 is 0.417 bits per heavy atom. The molecule has 0 aliphatic carbocycles. The summed E-state index contributed by atoms with van der Waals surface area (Å²) in [6.07, 6.45) is 1.83. The Bertz CT molecular complexity index is 725. The maximum absolute atomic E-state index is 3.63. The lowest BCUT2D eigenvalue weighted by Crippen LogP contribution is -1.67. The molecule has 0 heterocycles. The molecular weight excluding hydrogens is 288 g/mol. The molecule has 4 aromatic rings. The third-order valence-electron chi connectivity index (χ3n) is 3.36. The monoisotopic (exact) mass is 310 g/mol. The van der Waals surface area contributed by atoms with Crippen molar-refractivity contribution in [1.82, 2.24) is 0 Å². The van der Waals surface area contributed by atoms with Gasteiger partial charge in [0.15, 0.2) is 0 Å². The highest BCUT2D eigenvalue weighted by Crippen LogP contribution is 2.11. The summed E-state index contributed by atoms with van der Waals surface area (Å²) in [4.78, 5) is 0. The van der Waals surface area contributed by atoms with E-state index >= 15 is 0 Å². The highest BCUT2D eigenvalue weighted by molar-refractivity contribution is 5.82. The van der Waals surface area contributed by atoms with Crippen molar-refractivity contribution in [3.63, 3.8) is 0 Å². The van der Waals surface area contributed by atoms with Crippen molar-refractivity contribution in [2.45, 2.75) is 0 Å². The third-order valence-corrected chi connectivity index (χ3v) is 3.36. The summed E-state index contributed by atoms with van der Waals surface area (Å²) in [5.41, 5.74) is 1.17. The molecule has 0 N–H and O–H groups in total. The van der Waals surface area contributed by atoms with E-state index < -0.39 is 0 Å². The van der Waals surface area contributed by atoms with Crippen molar-refractivity contribution in [3.8, 4) is 0 Å². The smallest absolute Gasteiger partial charge is 0.0184 e. The third kappa shape index (κ3) is 6.33. The van der Waals surface area contributed by atoms with Crippen LogP contribution in [0, 0.1) is 0 Å². The number of benzene rings is 4. The summed E-state index contributed by atoms with van der Waals surface area (Å²) < 4.78 is 0. The normalized spacial score (nSPS) is 9.00. The molecule has 0 radical (unpaired) electrons. The Labute approximate surface area is 144 Å². The van der Waals surface area contributed by atoms with Crippen LogP contribution in [0.15, 0.2) is 122 Å². The molecule has 4 aromatic carbocycles. The van der Waals surface area contributed by atoms with E-state index in [-0.39, 0.29) is 0 Å². The molecule has 0 atom stereocenters. The van der Waals surface area contributed by atoms with Crippen LogP contribution in [0.4, 0.5) is 0 Å². The summed E-state index contributed by atoms with van der Waals surface area (Å²) >= 11 is 0. The number of hydrogen-bond acceptors (Lipinski definition) is 0. The first kappa shape index (κ1) is 17.2. The minimum absolute atomic E-state index is 1.17. The van der Waals surface area contributed by atoms with Crippen LogP contribution < -0.4 is 0 Å². The van der Waals surface area contributed by atoms with Gasteiger partial charge in [0.2, 0.25) is 0 Å². The summed E-state index contributed by atoms with van der Waals surface area (Å²) in [5.74, 6) is 0. The molecule has 0 fully saturated rings. The van der Waals surface area contributed by atoms with E-state index in [0.29, 0.717) is 0 Å². The fourth-order valence-corrected chi connectivity index (χ4v) is 2.11. The molecule has 0 nitrogen and oxygen atoms in total. The Morgan fingerprint density at radius 3 is 1.00 bits per heavy atom. The zero-order chi connectivity index (χ0) is 16.9. The van der Waals surface area contributed by atoms with Gasteiger partial charge in [-0.1, -0.05) is 128 Å². The fourth-order valence-electron chi connectivity index (χ4n) is 2.11. The topological polar surface area (TPSA) is 0 Å². The lowest BCUT2D eigenvalue weighted by atomic mass is 10.1. The Morgan fingerprint density at radius 2 is 0.708 bits per heavy atom. The first-order chi connectivity index (χ1) is 11.9. The van der Waals surface area contributed by atoms with Crippen LogP contribution in [-0.2, 0) is 0 Å². The van der Waals surface area contributed by atoms with Crippen molar-refractivity contribution in [2.75, 3.05) is 0 Å². The lowest BCUT2D eigenvalue weighted by Gasteiger charge is -1.92. The van der Waals surface area contributed by atoms with E-state index in [0.717, 1.165) is 0 Å². The number of rotatable bonds is 1. The standard InChI is InChI=1S/C10H8.C8H8.C6H6/c1-2-6-10-8-4-3-7-9(10)5-1;1-2-8-6-4-3-5-7-8;1-2-4-6-5-3-1/h1-8H;2-7H,1H2;1-6H. The van der Waals surface area contributed by atoms with Crippen LogP contribution in [0.2, 0.25) is 0 Å². The van der Waals surface area contributed by atoms with Crippen LogP contribution in [0.5, 0.6) is 0 Å². The van der Waals surface area contributed by atoms with E-state index in [4.69, 9.17) is 0 Å². The summed E-state index contributed by atoms with van der Waals surface area (Å²) in [5, 5.41) is 2.62. The van der Waals surface area contributed by atoms with Gasteiger partial charge >= 0.3 is 0 Å². The summed E-state index contributed by atoms with van der Waals surface area (Å²) in [6.45, 7) is 3.63. The second kappa shape index (κ2) is 10.6. The van der Waals surface area contributed by atoms with Gasteiger partial charge in [0, 0.05) is 0 Å². The average molecular weight is 310 g/mol. The highest BCUT2D eigenvalue weighted by atomic mass is 13.9. The maximum atomic E-state index is 3.63.